The van der Waals surface area contributed by atoms with Crippen LogP contribution in [-0.2, 0) is 16.4 Å². The fraction of sp³-hybridized carbons (Fsp3) is 0.375. The fourth-order valence-corrected chi connectivity index (χ4v) is 5.79. The van der Waals surface area contributed by atoms with Gasteiger partial charge in [0, 0.05) is 12.3 Å². The van der Waals surface area contributed by atoms with Gasteiger partial charge in [-0.1, -0.05) is 43.2 Å². The number of nitrogens with two attached hydrogens (primary N) is 1. The quantitative estimate of drug-likeness (QED) is 0.578. The van der Waals surface area contributed by atoms with E-state index in [1.807, 2.05) is 30.3 Å². The molecule has 3 atom stereocenters. The van der Waals surface area contributed by atoms with Gasteiger partial charge in [-0.15, -0.1) is 5.10 Å². The molecule has 2 aliphatic carbocycles. The molecule has 32 heavy (non-hydrogen) atoms. The van der Waals surface area contributed by atoms with Gasteiger partial charge < -0.3 is 0 Å². The first-order valence-corrected chi connectivity index (χ1v) is 12.6. The van der Waals surface area contributed by atoms with E-state index in [0.717, 1.165) is 24.8 Å². The van der Waals surface area contributed by atoms with Crippen LogP contribution in [0.2, 0.25) is 0 Å². The third kappa shape index (κ3) is 4.12. The zero-order chi connectivity index (χ0) is 22.3. The summed E-state index contributed by atoms with van der Waals surface area (Å²) in [7, 11) is -3.79. The molecule has 2 fully saturated rings. The second-order valence-electron chi connectivity index (χ2n) is 8.96. The molecule has 2 aliphatic rings. The molecule has 0 aliphatic heterocycles. The Kier molecular flexibility index (Phi) is 5.43. The van der Waals surface area contributed by atoms with Gasteiger partial charge in [0.15, 0.2) is 0 Å². The van der Waals surface area contributed by atoms with E-state index in [1.54, 1.807) is 16.8 Å². The summed E-state index contributed by atoms with van der Waals surface area (Å²) in [5.41, 5.74) is 1.69. The maximum atomic E-state index is 13.4. The van der Waals surface area contributed by atoms with E-state index in [-0.39, 0.29) is 22.4 Å². The lowest BCUT2D eigenvalue weighted by molar-refractivity contribution is 0.0877. The summed E-state index contributed by atoms with van der Waals surface area (Å²) in [5.74, 6) is 2.04. The van der Waals surface area contributed by atoms with Crippen molar-refractivity contribution in [3.8, 4) is 5.69 Å². The Hall–Kier alpha value is -2.84. The van der Waals surface area contributed by atoms with E-state index in [4.69, 9.17) is 5.14 Å². The Morgan fingerprint density at radius 2 is 1.78 bits per heavy atom. The summed E-state index contributed by atoms with van der Waals surface area (Å²) in [5, 5.41) is 9.83. The lowest BCUT2D eigenvalue weighted by Gasteiger charge is -2.19. The molecule has 0 spiro atoms. The van der Waals surface area contributed by atoms with Gasteiger partial charge in [0.2, 0.25) is 21.6 Å². The number of hydrogen-bond donors (Lipinski definition) is 1. The highest BCUT2D eigenvalue weighted by atomic mass is 32.2. The Balaban J connectivity index is 1.51. The number of benzene rings is 2. The number of nitrogens with zero attached hydrogens (tertiary/aromatic N) is 3. The molecule has 3 aromatic rings. The molecule has 166 valence electrons. The molecule has 0 saturated heterocycles. The Morgan fingerprint density at radius 1 is 1.03 bits per heavy atom. The van der Waals surface area contributed by atoms with E-state index in [2.05, 4.69) is 10.1 Å². The molecule has 8 heteroatoms. The number of carbonyl (C=O) groups excluding carboxylic acids is 1. The van der Waals surface area contributed by atoms with Crippen LogP contribution in [0.5, 0.6) is 0 Å². The second kappa shape index (κ2) is 8.26. The van der Waals surface area contributed by atoms with Gasteiger partial charge in [-0.05, 0) is 60.9 Å². The molecule has 0 amide bonds. The van der Waals surface area contributed by atoms with Crippen LogP contribution < -0.4 is 5.14 Å². The number of hydrogen-bond acceptors (Lipinski definition) is 5. The van der Waals surface area contributed by atoms with Crippen molar-refractivity contribution in [2.24, 2.45) is 22.9 Å². The number of fused-ring (bicyclic) bond motifs is 2. The number of aromatic nitrogens is 3. The highest BCUT2D eigenvalue weighted by Crippen LogP contribution is 2.46. The summed E-state index contributed by atoms with van der Waals surface area (Å²) >= 11 is 0. The predicted octanol–water partition coefficient (Wildman–Crippen LogP) is 3.51. The normalized spacial score (nSPS) is 22.7. The van der Waals surface area contributed by atoms with Gasteiger partial charge in [-0.25, -0.2) is 23.2 Å². The predicted molar refractivity (Wildman–Crippen MR) is 120 cm³/mol. The first kappa shape index (κ1) is 21.0. The van der Waals surface area contributed by atoms with Crippen LogP contribution in [0.25, 0.3) is 5.69 Å². The van der Waals surface area contributed by atoms with Crippen molar-refractivity contribution in [2.45, 2.75) is 43.4 Å². The summed E-state index contributed by atoms with van der Waals surface area (Å²) < 4.78 is 24.9. The maximum absolute atomic E-state index is 13.4. The van der Waals surface area contributed by atoms with Crippen LogP contribution in [0, 0.1) is 17.8 Å². The lowest BCUT2D eigenvalue weighted by Crippen LogP contribution is -2.20. The van der Waals surface area contributed by atoms with E-state index in [0.29, 0.717) is 29.8 Å². The Morgan fingerprint density at radius 3 is 2.47 bits per heavy atom. The number of rotatable bonds is 6. The van der Waals surface area contributed by atoms with Gasteiger partial charge in [0.1, 0.15) is 5.82 Å². The fourth-order valence-electron chi connectivity index (χ4n) is 5.28. The topological polar surface area (TPSA) is 108 Å². The van der Waals surface area contributed by atoms with Crippen molar-refractivity contribution in [2.75, 3.05) is 0 Å². The van der Waals surface area contributed by atoms with Crippen molar-refractivity contribution >= 4 is 15.8 Å². The number of ketones is 1. The monoisotopic (exact) mass is 450 g/mol. The van der Waals surface area contributed by atoms with Crippen molar-refractivity contribution in [1.29, 1.82) is 0 Å². The van der Waals surface area contributed by atoms with Gasteiger partial charge in [-0.3, -0.25) is 4.79 Å². The number of Topliss-reactive ketones (excluding diaryl/α,β-unsaturated/α-hetero) is 1. The highest BCUT2D eigenvalue weighted by molar-refractivity contribution is 7.89. The van der Waals surface area contributed by atoms with Crippen molar-refractivity contribution in [3.05, 3.63) is 71.8 Å². The second-order valence-corrected chi connectivity index (χ2v) is 10.5. The zero-order valence-electron chi connectivity index (χ0n) is 17.7. The van der Waals surface area contributed by atoms with Crippen LogP contribution >= 0.6 is 0 Å². The van der Waals surface area contributed by atoms with Gasteiger partial charge in [0.25, 0.3) is 0 Å². The van der Waals surface area contributed by atoms with Crippen LogP contribution in [0.3, 0.4) is 0 Å². The smallest absolute Gasteiger partial charge is 0.238 e. The molecule has 5 rings (SSSR count). The molecule has 2 aromatic carbocycles. The molecule has 2 bridgehead atoms. The average molecular weight is 451 g/mol. The molecular formula is C24H26N4O3S. The van der Waals surface area contributed by atoms with E-state index in [9.17, 15) is 13.2 Å². The van der Waals surface area contributed by atoms with E-state index < -0.39 is 10.0 Å². The van der Waals surface area contributed by atoms with Crippen LogP contribution in [-0.4, -0.2) is 29.0 Å². The van der Waals surface area contributed by atoms with Crippen molar-refractivity contribution in [1.82, 2.24) is 14.8 Å². The minimum absolute atomic E-state index is 0.00712. The first-order chi connectivity index (χ1) is 15.4. The standard InChI is InChI=1S/C24H26N4O3S/c25-32(30,31)20-11-9-19(10-12-20)28-22(15-16-5-2-1-3-6-16)26-24(27-28)23(29)21-14-17-7-4-8-18(21)13-17/h1-3,5-6,9-12,17-18,21H,4,7-8,13-15H2,(H2,25,30,31). The molecule has 0 radical (unpaired) electrons. The third-order valence-corrected chi connectivity index (χ3v) is 7.76. The third-order valence-electron chi connectivity index (χ3n) is 6.83. The van der Waals surface area contributed by atoms with Crippen LogP contribution in [0.4, 0.5) is 0 Å². The first-order valence-electron chi connectivity index (χ1n) is 11.1. The van der Waals surface area contributed by atoms with Crippen molar-refractivity contribution in [3.63, 3.8) is 0 Å². The van der Waals surface area contributed by atoms with Crippen molar-refractivity contribution < 1.29 is 13.2 Å². The lowest BCUT2D eigenvalue weighted by atomic mass is 9.85. The van der Waals surface area contributed by atoms with E-state index in [1.165, 1.54) is 25.0 Å². The number of carbonyl (C=O) groups is 1. The molecule has 1 heterocycles. The Labute approximate surface area is 187 Å². The molecule has 7 nitrogen and oxygen atoms in total. The molecular weight excluding hydrogens is 424 g/mol. The van der Waals surface area contributed by atoms with E-state index >= 15 is 0 Å². The molecule has 3 unspecified atom stereocenters. The molecule has 2 saturated carbocycles. The number of primary sulfonamides is 1. The maximum Gasteiger partial charge on any atom is 0.238 e. The van der Waals surface area contributed by atoms with Crippen LogP contribution in [0.15, 0.2) is 59.5 Å². The SMILES string of the molecule is NS(=O)(=O)c1ccc(-n2nc(C(=O)C3CC4CCCC3C4)nc2Cc2ccccc2)cc1. The van der Waals surface area contributed by atoms with Gasteiger partial charge >= 0.3 is 0 Å². The Bertz CT molecular complexity index is 1240. The zero-order valence-corrected chi connectivity index (χ0v) is 18.5. The minimum atomic E-state index is -3.79. The van der Waals surface area contributed by atoms with Gasteiger partial charge in [0.05, 0.1) is 10.6 Å². The largest absolute Gasteiger partial charge is 0.290 e. The number of sulfonamides is 1. The average Bonchev–Trinajstić information content (AvgIpc) is 3.33. The molecule has 2 N–H and O–H groups in total. The molecule has 1 aromatic heterocycles. The summed E-state index contributed by atoms with van der Waals surface area (Å²) in [6.07, 6.45) is 6.13. The highest BCUT2D eigenvalue weighted by Gasteiger charge is 2.42. The summed E-state index contributed by atoms with van der Waals surface area (Å²) in [6.45, 7) is 0. The van der Waals surface area contributed by atoms with Crippen LogP contribution in [0.1, 0.15) is 54.1 Å². The van der Waals surface area contributed by atoms with Gasteiger partial charge in [-0.2, -0.15) is 0 Å². The minimum Gasteiger partial charge on any atom is -0.290 e. The summed E-state index contributed by atoms with van der Waals surface area (Å²) in [6, 6.07) is 16.0. The summed E-state index contributed by atoms with van der Waals surface area (Å²) in [4.78, 5) is 18.1.